The van der Waals surface area contributed by atoms with Gasteiger partial charge in [0.1, 0.15) is 0 Å². The Morgan fingerprint density at radius 1 is 1.60 bits per heavy atom. The van der Waals surface area contributed by atoms with E-state index in [2.05, 4.69) is 14.1 Å². The van der Waals surface area contributed by atoms with Crippen LogP contribution in [0.15, 0.2) is 6.20 Å². The number of nitrogens with one attached hydrogen (secondary N) is 1. The van der Waals surface area contributed by atoms with Crippen molar-refractivity contribution in [2.45, 2.75) is 31.2 Å². The van der Waals surface area contributed by atoms with E-state index in [1.54, 1.807) is 0 Å². The van der Waals surface area contributed by atoms with Gasteiger partial charge in [0, 0.05) is 6.54 Å². The van der Waals surface area contributed by atoms with Gasteiger partial charge in [0.25, 0.3) is 5.91 Å². The second-order valence-electron chi connectivity index (χ2n) is 3.94. The molecule has 1 heterocycles. The highest BCUT2D eigenvalue weighted by atomic mass is 32.1. The summed E-state index contributed by atoms with van der Waals surface area (Å²) in [7, 11) is 0. The Morgan fingerprint density at radius 3 is 2.87 bits per heavy atom. The van der Waals surface area contributed by atoms with Crippen LogP contribution in [0.2, 0.25) is 0 Å². The van der Waals surface area contributed by atoms with Crippen molar-refractivity contribution >= 4 is 17.6 Å². The molecule has 82 valence electrons. The number of carbonyl (C=O) groups is 1. The molecule has 3 N–H and O–H groups in total. The summed E-state index contributed by atoms with van der Waals surface area (Å²) in [4.78, 5) is 11.8. The first kappa shape index (κ1) is 10.5. The molecule has 0 atom stereocenters. The Hall–Kier alpha value is -1.01. The lowest BCUT2D eigenvalue weighted by molar-refractivity contribution is 0.0899. The summed E-state index contributed by atoms with van der Waals surface area (Å²) in [5.41, 5.74) is 5.90. The van der Waals surface area contributed by atoms with Crippen molar-refractivity contribution in [3.63, 3.8) is 0 Å². The van der Waals surface area contributed by atoms with Crippen LogP contribution >= 0.6 is 11.7 Å². The monoisotopic (exact) mass is 226 g/mol. The van der Waals surface area contributed by atoms with Crippen LogP contribution in [0.1, 0.15) is 36.2 Å². The number of rotatable bonds is 3. The second-order valence-corrected chi connectivity index (χ2v) is 4.50. The van der Waals surface area contributed by atoms with Crippen molar-refractivity contribution in [2.75, 3.05) is 6.54 Å². The number of aromatic nitrogens is 2. The normalized spacial score (nSPS) is 19.0. The van der Waals surface area contributed by atoms with E-state index < -0.39 is 0 Å². The lowest BCUT2D eigenvalue weighted by atomic mass is 9.98. The van der Waals surface area contributed by atoms with Crippen molar-refractivity contribution in [3.05, 3.63) is 11.9 Å². The molecule has 0 bridgehead atoms. The van der Waals surface area contributed by atoms with Crippen LogP contribution in [0.4, 0.5) is 0 Å². The molecule has 0 aliphatic heterocycles. The van der Waals surface area contributed by atoms with Crippen molar-refractivity contribution in [1.82, 2.24) is 14.1 Å². The fourth-order valence-corrected chi connectivity index (χ4v) is 2.41. The van der Waals surface area contributed by atoms with Crippen LogP contribution in [0, 0.1) is 0 Å². The zero-order valence-electron chi connectivity index (χ0n) is 8.40. The first-order valence-corrected chi connectivity index (χ1v) is 5.79. The van der Waals surface area contributed by atoms with E-state index in [4.69, 9.17) is 5.73 Å². The van der Waals surface area contributed by atoms with Crippen LogP contribution in [-0.2, 0) is 0 Å². The van der Waals surface area contributed by atoms with Crippen LogP contribution in [0.25, 0.3) is 0 Å². The molecule has 2 rings (SSSR count). The SMILES string of the molecule is NCC1(NC(=O)c2cnsn2)CCCC1. The summed E-state index contributed by atoms with van der Waals surface area (Å²) in [5, 5.41) is 2.98. The number of carbonyl (C=O) groups excluding carboxylic acids is 1. The lowest BCUT2D eigenvalue weighted by Crippen LogP contribution is -2.51. The smallest absolute Gasteiger partial charge is 0.273 e. The van der Waals surface area contributed by atoms with Gasteiger partial charge in [0.05, 0.1) is 23.5 Å². The minimum atomic E-state index is -0.208. The molecule has 6 heteroatoms. The van der Waals surface area contributed by atoms with E-state index in [1.165, 1.54) is 6.20 Å². The lowest BCUT2D eigenvalue weighted by Gasteiger charge is -2.28. The molecule has 5 nitrogen and oxygen atoms in total. The molecule has 0 aromatic carbocycles. The molecule has 1 amide bonds. The van der Waals surface area contributed by atoms with Gasteiger partial charge in [-0.15, -0.1) is 0 Å². The zero-order chi connectivity index (χ0) is 10.7. The predicted octanol–water partition coefficient (Wildman–Crippen LogP) is 0.539. The third kappa shape index (κ3) is 2.15. The van der Waals surface area contributed by atoms with Crippen molar-refractivity contribution < 1.29 is 4.79 Å². The van der Waals surface area contributed by atoms with Crippen molar-refractivity contribution in [1.29, 1.82) is 0 Å². The summed E-state index contributed by atoms with van der Waals surface area (Å²) in [6.45, 7) is 0.496. The molecule has 15 heavy (non-hydrogen) atoms. The molecule has 1 saturated carbocycles. The third-order valence-electron chi connectivity index (χ3n) is 2.92. The first-order valence-electron chi connectivity index (χ1n) is 5.06. The van der Waals surface area contributed by atoms with Crippen LogP contribution in [0.5, 0.6) is 0 Å². The fraction of sp³-hybridized carbons (Fsp3) is 0.667. The topological polar surface area (TPSA) is 80.9 Å². The zero-order valence-corrected chi connectivity index (χ0v) is 9.22. The molecule has 0 saturated heterocycles. The van der Waals surface area contributed by atoms with Gasteiger partial charge in [-0.1, -0.05) is 12.8 Å². The Balaban J connectivity index is 2.04. The minimum absolute atomic E-state index is 0.156. The summed E-state index contributed by atoms with van der Waals surface area (Å²) >= 11 is 1.04. The Morgan fingerprint density at radius 2 is 2.33 bits per heavy atom. The number of hydrogen-bond acceptors (Lipinski definition) is 5. The maximum Gasteiger partial charge on any atom is 0.273 e. The fourth-order valence-electron chi connectivity index (χ4n) is 2.00. The van der Waals surface area contributed by atoms with Crippen LogP contribution < -0.4 is 11.1 Å². The Kier molecular flexibility index (Phi) is 2.97. The van der Waals surface area contributed by atoms with Crippen molar-refractivity contribution in [3.8, 4) is 0 Å². The summed E-state index contributed by atoms with van der Waals surface area (Å²) in [6.07, 6.45) is 5.68. The molecular weight excluding hydrogens is 212 g/mol. The maximum absolute atomic E-state index is 11.8. The van der Waals surface area contributed by atoms with E-state index in [0.717, 1.165) is 37.4 Å². The minimum Gasteiger partial charge on any atom is -0.344 e. The molecule has 0 radical (unpaired) electrons. The van der Waals surface area contributed by atoms with Gasteiger partial charge in [0.2, 0.25) is 0 Å². The maximum atomic E-state index is 11.8. The average Bonchev–Trinajstić information content (AvgIpc) is 2.88. The van der Waals surface area contributed by atoms with Gasteiger partial charge in [0.15, 0.2) is 5.69 Å². The number of amides is 1. The molecule has 1 aromatic heterocycles. The highest BCUT2D eigenvalue weighted by molar-refractivity contribution is 6.99. The van der Waals surface area contributed by atoms with E-state index >= 15 is 0 Å². The van der Waals surface area contributed by atoms with Crippen LogP contribution in [-0.4, -0.2) is 26.7 Å². The highest BCUT2D eigenvalue weighted by Crippen LogP contribution is 2.28. The predicted molar refractivity (Wildman–Crippen MR) is 57.6 cm³/mol. The van der Waals surface area contributed by atoms with Gasteiger partial charge < -0.3 is 11.1 Å². The first-order chi connectivity index (χ1) is 7.26. The van der Waals surface area contributed by atoms with Gasteiger partial charge in [-0.25, -0.2) is 0 Å². The van der Waals surface area contributed by atoms with E-state index in [-0.39, 0.29) is 11.4 Å². The van der Waals surface area contributed by atoms with Crippen LogP contribution in [0.3, 0.4) is 0 Å². The summed E-state index contributed by atoms with van der Waals surface area (Å²) in [6, 6.07) is 0. The molecule has 1 aromatic rings. The van der Waals surface area contributed by atoms with Gasteiger partial charge in [-0.3, -0.25) is 4.79 Å². The molecular formula is C9H14N4OS. The van der Waals surface area contributed by atoms with E-state index in [1.807, 2.05) is 0 Å². The van der Waals surface area contributed by atoms with Gasteiger partial charge >= 0.3 is 0 Å². The largest absolute Gasteiger partial charge is 0.344 e. The average molecular weight is 226 g/mol. The summed E-state index contributed by atoms with van der Waals surface area (Å²) in [5.74, 6) is -0.156. The number of nitrogens with zero attached hydrogens (tertiary/aromatic N) is 2. The molecule has 0 unspecified atom stereocenters. The molecule has 1 aliphatic carbocycles. The standard InChI is InChI=1S/C9H14N4OS/c10-6-9(3-1-2-4-9)12-8(14)7-5-11-15-13-7/h5H,1-4,6,10H2,(H,12,14). The van der Waals surface area contributed by atoms with Gasteiger partial charge in [-0.05, 0) is 12.8 Å². The van der Waals surface area contributed by atoms with E-state index in [9.17, 15) is 4.79 Å². The Bertz CT molecular complexity index is 332. The Labute approximate surface area is 92.4 Å². The molecule has 0 spiro atoms. The summed E-state index contributed by atoms with van der Waals surface area (Å²) < 4.78 is 7.71. The van der Waals surface area contributed by atoms with Crippen molar-refractivity contribution in [2.24, 2.45) is 5.73 Å². The third-order valence-corrected chi connectivity index (χ3v) is 3.40. The van der Waals surface area contributed by atoms with Gasteiger partial charge in [-0.2, -0.15) is 8.75 Å². The number of hydrogen-bond donors (Lipinski definition) is 2. The highest BCUT2D eigenvalue weighted by Gasteiger charge is 2.34. The van der Waals surface area contributed by atoms with E-state index in [0.29, 0.717) is 12.2 Å². The second kappa shape index (κ2) is 4.24. The number of nitrogens with two attached hydrogens (primary N) is 1. The quantitative estimate of drug-likeness (QED) is 0.788. The molecule has 1 aliphatic rings. The molecule has 1 fully saturated rings.